The SMILES string of the molecule is CCCCCCCCCCCCNC(CC(=O)O)[C@H]1O[C@@H]2OC(C)(C)O[C@@H]2[C@H]1OC. The second kappa shape index (κ2) is 13.0. The molecule has 0 aliphatic carbocycles. The molecule has 0 aromatic carbocycles. The predicted octanol–water partition coefficient (Wildman–Crippen LogP) is 4.23. The van der Waals surface area contributed by atoms with E-state index >= 15 is 0 Å². The van der Waals surface area contributed by atoms with E-state index in [1.807, 2.05) is 13.8 Å². The Morgan fingerprint density at radius 3 is 2.20 bits per heavy atom. The fraction of sp³-hybridized carbons (Fsp3) is 0.957. The van der Waals surface area contributed by atoms with Crippen LogP contribution in [0.25, 0.3) is 0 Å². The number of carbonyl (C=O) groups is 1. The Hall–Kier alpha value is -0.730. The lowest BCUT2D eigenvalue weighted by Gasteiger charge is -2.30. The number of fused-ring (bicyclic) bond motifs is 1. The van der Waals surface area contributed by atoms with E-state index in [4.69, 9.17) is 18.9 Å². The van der Waals surface area contributed by atoms with Crippen molar-refractivity contribution in [3.8, 4) is 0 Å². The first-order valence-electron chi connectivity index (χ1n) is 11.9. The Balaban J connectivity index is 1.69. The van der Waals surface area contributed by atoms with Crippen LogP contribution in [0.5, 0.6) is 0 Å². The molecule has 30 heavy (non-hydrogen) atoms. The van der Waals surface area contributed by atoms with Gasteiger partial charge in [0.15, 0.2) is 12.1 Å². The van der Waals surface area contributed by atoms with Gasteiger partial charge in [-0.05, 0) is 26.8 Å². The van der Waals surface area contributed by atoms with Crippen LogP contribution < -0.4 is 5.32 Å². The Morgan fingerprint density at radius 1 is 1.03 bits per heavy atom. The van der Waals surface area contributed by atoms with Gasteiger partial charge in [0.2, 0.25) is 0 Å². The lowest BCUT2D eigenvalue weighted by atomic mass is 10.00. The number of nitrogens with one attached hydrogen (secondary N) is 1. The molecule has 0 aromatic heterocycles. The Kier molecular flexibility index (Phi) is 11.0. The average Bonchev–Trinajstić information content (AvgIpc) is 3.16. The zero-order valence-corrected chi connectivity index (χ0v) is 19.4. The third-order valence-electron chi connectivity index (χ3n) is 6.03. The highest BCUT2D eigenvalue weighted by molar-refractivity contribution is 5.67. The highest BCUT2D eigenvalue weighted by Gasteiger charge is 2.56. The van der Waals surface area contributed by atoms with Crippen molar-refractivity contribution in [2.45, 2.75) is 128 Å². The number of hydrogen-bond donors (Lipinski definition) is 2. The van der Waals surface area contributed by atoms with Crippen molar-refractivity contribution in [3.05, 3.63) is 0 Å². The van der Waals surface area contributed by atoms with Crippen molar-refractivity contribution in [1.82, 2.24) is 5.32 Å². The Labute approximate surface area is 182 Å². The summed E-state index contributed by atoms with van der Waals surface area (Å²) < 4.78 is 23.4. The van der Waals surface area contributed by atoms with Gasteiger partial charge in [-0.25, -0.2) is 0 Å². The average molecular weight is 430 g/mol. The lowest BCUT2D eigenvalue weighted by Crippen LogP contribution is -2.49. The summed E-state index contributed by atoms with van der Waals surface area (Å²) in [5.41, 5.74) is 0. The molecule has 2 heterocycles. The molecule has 2 rings (SSSR count). The first-order valence-corrected chi connectivity index (χ1v) is 11.9. The van der Waals surface area contributed by atoms with Crippen molar-refractivity contribution >= 4 is 5.97 Å². The normalized spacial score (nSPS) is 28.5. The summed E-state index contributed by atoms with van der Waals surface area (Å²) in [4.78, 5) is 11.4. The zero-order valence-electron chi connectivity index (χ0n) is 19.4. The van der Waals surface area contributed by atoms with Crippen molar-refractivity contribution in [2.24, 2.45) is 0 Å². The zero-order chi connectivity index (χ0) is 22.0. The first kappa shape index (κ1) is 25.5. The van der Waals surface area contributed by atoms with Crippen LogP contribution >= 0.6 is 0 Å². The second-order valence-electron chi connectivity index (χ2n) is 9.11. The number of carboxylic acids is 1. The molecule has 0 amide bonds. The molecule has 2 fully saturated rings. The third-order valence-corrected chi connectivity index (χ3v) is 6.03. The Bertz CT molecular complexity index is 500. The fourth-order valence-corrected chi connectivity index (χ4v) is 4.49. The minimum absolute atomic E-state index is 0.0227. The van der Waals surface area contributed by atoms with Crippen LogP contribution in [0, 0.1) is 0 Å². The van der Waals surface area contributed by atoms with Crippen molar-refractivity contribution in [2.75, 3.05) is 13.7 Å². The van der Waals surface area contributed by atoms with Gasteiger partial charge in [0.1, 0.15) is 18.3 Å². The minimum Gasteiger partial charge on any atom is -0.481 e. The van der Waals surface area contributed by atoms with Gasteiger partial charge >= 0.3 is 5.97 Å². The van der Waals surface area contributed by atoms with Crippen LogP contribution in [0.3, 0.4) is 0 Å². The molecule has 7 heteroatoms. The molecule has 176 valence electrons. The fourth-order valence-electron chi connectivity index (χ4n) is 4.49. The van der Waals surface area contributed by atoms with Gasteiger partial charge in [0, 0.05) is 13.2 Å². The molecule has 0 spiro atoms. The Morgan fingerprint density at radius 2 is 1.63 bits per heavy atom. The van der Waals surface area contributed by atoms with E-state index in [1.54, 1.807) is 7.11 Å². The summed E-state index contributed by atoms with van der Waals surface area (Å²) in [6, 6.07) is -0.341. The standard InChI is InChI=1S/C23H43NO6/c1-5-6-7-8-9-10-11-12-13-14-15-24-17(16-18(25)26)19-20(27-4)21-22(28-19)30-23(2,3)29-21/h17,19-22,24H,5-16H2,1-4H3,(H,25,26)/t17?,19-,20+,21-,22-/m1/s1. The minimum atomic E-state index is -0.853. The monoisotopic (exact) mass is 429 g/mol. The molecular formula is C23H43NO6. The van der Waals surface area contributed by atoms with Gasteiger partial charge in [-0.3, -0.25) is 4.79 Å². The number of carboxylic acid groups (broad SMARTS) is 1. The second-order valence-corrected chi connectivity index (χ2v) is 9.11. The highest BCUT2D eigenvalue weighted by Crippen LogP contribution is 2.39. The summed E-state index contributed by atoms with van der Waals surface area (Å²) in [7, 11) is 1.61. The number of rotatable bonds is 16. The maximum atomic E-state index is 11.4. The molecule has 1 unspecified atom stereocenters. The summed E-state index contributed by atoms with van der Waals surface area (Å²) in [5.74, 6) is -1.57. The van der Waals surface area contributed by atoms with Crippen LogP contribution in [0.4, 0.5) is 0 Å². The van der Waals surface area contributed by atoms with E-state index in [9.17, 15) is 9.90 Å². The molecule has 2 aliphatic rings. The van der Waals surface area contributed by atoms with Crippen LogP contribution in [-0.2, 0) is 23.7 Å². The quantitative estimate of drug-likeness (QED) is 0.355. The van der Waals surface area contributed by atoms with Crippen LogP contribution in [0.15, 0.2) is 0 Å². The van der Waals surface area contributed by atoms with E-state index in [0.717, 1.165) is 19.4 Å². The maximum absolute atomic E-state index is 11.4. The van der Waals surface area contributed by atoms with Crippen LogP contribution in [0.1, 0.15) is 91.4 Å². The van der Waals surface area contributed by atoms with Gasteiger partial charge in [-0.15, -0.1) is 0 Å². The van der Waals surface area contributed by atoms with Gasteiger partial charge in [-0.1, -0.05) is 64.7 Å². The van der Waals surface area contributed by atoms with E-state index in [1.165, 1.54) is 51.4 Å². The topological polar surface area (TPSA) is 86.3 Å². The maximum Gasteiger partial charge on any atom is 0.305 e. The first-order chi connectivity index (χ1) is 14.4. The molecule has 5 atom stereocenters. The van der Waals surface area contributed by atoms with E-state index in [0.29, 0.717) is 0 Å². The summed E-state index contributed by atoms with van der Waals surface area (Å²) >= 11 is 0. The van der Waals surface area contributed by atoms with E-state index in [-0.39, 0.29) is 24.7 Å². The lowest BCUT2D eigenvalue weighted by molar-refractivity contribution is -0.220. The number of methoxy groups -OCH3 is 1. The van der Waals surface area contributed by atoms with Gasteiger partial charge < -0.3 is 29.4 Å². The molecule has 2 N–H and O–H groups in total. The van der Waals surface area contributed by atoms with E-state index in [2.05, 4.69) is 12.2 Å². The molecular weight excluding hydrogens is 386 g/mol. The summed E-state index contributed by atoms with van der Waals surface area (Å²) in [6.07, 6.45) is 11.1. The van der Waals surface area contributed by atoms with Crippen molar-refractivity contribution < 1.29 is 28.8 Å². The summed E-state index contributed by atoms with van der Waals surface area (Å²) in [5, 5.41) is 12.8. The van der Waals surface area contributed by atoms with Gasteiger partial charge in [-0.2, -0.15) is 0 Å². The van der Waals surface area contributed by atoms with Crippen LogP contribution in [-0.4, -0.2) is 61.2 Å². The largest absolute Gasteiger partial charge is 0.481 e. The summed E-state index contributed by atoms with van der Waals surface area (Å²) in [6.45, 7) is 6.70. The van der Waals surface area contributed by atoms with Gasteiger partial charge in [0.25, 0.3) is 0 Å². The smallest absolute Gasteiger partial charge is 0.305 e. The number of ether oxygens (including phenoxy) is 4. The van der Waals surface area contributed by atoms with Crippen LogP contribution in [0.2, 0.25) is 0 Å². The molecule has 2 saturated heterocycles. The number of aliphatic carboxylic acids is 1. The molecule has 0 aromatic rings. The number of unbranched alkanes of at least 4 members (excludes halogenated alkanes) is 9. The molecule has 7 nitrogen and oxygen atoms in total. The molecule has 0 saturated carbocycles. The molecule has 2 aliphatic heterocycles. The third kappa shape index (κ3) is 8.08. The van der Waals surface area contributed by atoms with Crippen molar-refractivity contribution in [1.29, 1.82) is 0 Å². The predicted molar refractivity (Wildman–Crippen MR) is 115 cm³/mol. The molecule has 0 radical (unpaired) electrons. The van der Waals surface area contributed by atoms with Crippen molar-refractivity contribution in [3.63, 3.8) is 0 Å². The number of hydrogen-bond acceptors (Lipinski definition) is 6. The highest BCUT2D eigenvalue weighted by atomic mass is 16.8. The molecule has 0 bridgehead atoms. The van der Waals surface area contributed by atoms with E-state index < -0.39 is 24.2 Å². The van der Waals surface area contributed by atoms with Gasteiger partial charge in [0.05, 0.1) is 6.42 Å².